The summed E-state index contributed by atoms with van der Waals surface area (Å²) in [6.45, 7) is 5.52. The number of carbonyl (C=O) groups is 2. The molecule has 0 amide bonds. The van der Waals surface area contributed by atoms with Crippen LogP contribution in [-0.4, -0.2) is 67.6 Å². The quantitative estimate of drug-likeness (QED) is 0.300. The highest BCUT2D eigenvalue weighted by molar-refractivity contribution is 5.73. The Hall–Kier alpha value is -1.69. The number of alkyl halides is 3. The minimum absolute atomic E-state index is 0.0238. The second kappa shape index (κ2) is 13.8. The Morgan fingerprint density at radius 1 is 1.19 bits per heavy atom. The summed E-state index contributed by atoms with van der Waals surface area (Å²) in [4.78, 5) is 20.7. The highest BCUT2D eigenvalue weighted by atomic mass is 19.4. The van der Waals surface area contributed by atoms with Crippen molar-refractivity contribution in [3.05, 3.63) is 12.2 Å². The van der Waals surface area contributed by atoms with Crippen molar-refractivity contribution in [1.82, 2.24) is 0 Å². The van der Waals surface area contributed by atoms with Crippen molar-refractivity contribution in [3.63, 3.8) is 0 Å². The standard InChI is InChI=1S/C19H33NO5.C2HF3O2/c1-3-4-5-6-7-8-9-10-16-18(25-17(21)13-20)19(15(2)14-22-16)23-11-12-24-19;3-2(4,5)1(6)7/h9-10,15-16,18H,3-8,11-14,20H2,1-2H3;(H,6,7)/b10-9+;/t15-,16-,18-;/m0./s1. The third kappa shape index (κ3) is 8.68. The summed E-state index contributed by atoms with van der Waals surface area (Å²) in [7, 11) is 0. The molecule has 11 heteroatoms. The number of unbranched alkanes of at least 4 members (excludes halogenated alkanes) is 5. The van der Waals surface area contributed by atoms with Gasteiger partial charge in [-0.15, -0.1) is 0 Å². The first-order chi connectivity index (χ1) is 15.1. The van der Waals surface area contributed by atoms with Crippen molar-refractivity contribution >= 4 is 11.9 Å². The van der Waals surface area contributed by atoms with Crippen LogP contribution < -0.4 is 5.73 Å². The monoisotopic (exact) mass is 469 g/mol. The first-order valence-corrected chi connectivity index (χ1v) is 10.8. The largest absolute Gasteiger partial charge is 0.490 e. The van der Waals surface area contributed by atoms with E-state index in [2.05, 4.69) is 13.0 Å². The van der Waals surface area contributed by atoms with Crippen LogP contribution in [0.4, 0.5) is 13.2 Å². The summed E-state index contributed by atoms with van der Waals surface area (Å²) in [5.41, 5.74) is 5.42. The molecule has 1 spiro atoms. The molecule has 0 radical (unpaired) electrons. The van der Waals surface area contributed by atoms with Crippen molar-refractivity contribution in [2.45, 2.75) is 76.5 Å². The highest BCUT2D eigenvalue weighted by Gasteiger charge is 2.57. The van der Waals surface area contributed by atoms with Gasteiger partial charge < -0.3 is 29.8 Å². The molecule has 2 fully saturated rings. The lowest BCUT2D eigenvalue weighted by Gasteiger charge is -2.45. The Bertz CT molecular complexity index is 607. The number of carbonyl (C=O) groups excluding carboxylic acids is 1. The van der Waals surface area contributed by atoms with Crippen LogP contribution in [0, 0.1) is 5.92 Å². The van der Waals surface area contributed by atoms with Crippen LogP contribution in [0.5, 0.6) is 0 Å². The SMILES string of the molecule is CCCCCCC/C=C/[C@@H]1OC[C@H](C)C2(OCCO2)[C@H]1OC(=O)CN.O=C(O)C(F)(F)F. The highest BCUT2D eigenvalue weighted by Crippen LogP contribution is 2.40. The lowest BCUT2D eigenvalue weighted by molar-refractivity contribution is -0.304. The number of nitrogens with two attached hydrogens (primary N) is 1. The zero-order valence-corrected chi connectivity index (χ0v) is 18.6. The topological polar surface area (TPSA) is 117 Å². The molecule has 3 atom stereocenters. The van der Waals surface area contributed by atoms with E-state index < -0.39 is 30.0 Å². The molecule has 0 aromatic carbocycles. The predicted octanol–water partition coefficient (Wildman–Crippen LogP) is 3.18. The maximum atomic E-state index is 11.8. The van der Waals surface area contributed by atoms with Crippen LogP contribution in [0.25, 0.3) is 0 Å². The number of carboxylic acid groups (broad SMARTS) is 1. The second-order valence-corrected chi connectivity index (χ2v) is 7.67. The minimum atomic E-state index is -5.08. The van der Waals surface area contributed by atoms with E-state index in [0.717, 1.165) is 12.8 Å². The van der Waals surface area contributed by atoms with Crippen molar-refractivity contribution in [2.75, 3.05) is 26.4 Å². The Kier molecular flexibility index (Phi) is 12.2. The average molecular weight is 469 g/mol. The van der Waals surface area contributed by atoms with Gasteiger partial charge in [-0.3, -0.25) is 4.79 Å². The van der Waals surface area contributed by atoms with Crippen molar-refractivity contribution in [1.29, 1.82) is 0 Å². The summed E-state index contributed by atoms with van der Waals surface area (Å²) in [5, 5.41) is 7.12. The van der Waals surface area contributed by atoms with Crippen molar-refractivity contribution in [2.24, 2.45) is 11.7 Å². The van der Waals surface area contributed by atoms with Crippen LogP contribution in [0.15, 0.2) is 12.2 Å². The molecule has 0 saturated carbocycles. The van der Waals surface area contributed by atoms with E-state index in [0.29, 0.717) is 19.8 Å². The molecule has 3 N–H and O–H groups in total. The fraction of sp³-hybridized carbons (Fsp3) is 0.810. The molecule has 0 aromatic heterocycles. The number of halogens is 3. The molecule has 2 saturated heterocycles. The third-order valence-electron chi connectivity index (χ3n) is 5.13. The van der Waals surface area contributed by atoms with Crippen LogP contribution >= 0.6 is 0 Å². The number of carboxylic acids is 1. The van der Waals surface area contributed by atoms with Gasteiger partial charge in [-0.2, -0.15) is 13.2 Å². The molecular formula is C21H34F3NO7. The minimum Gasteiger partial charge on any atom is -0.475 e. The van der Waals surface area contributed by atoms with E-state index in [-0.39, 0.29) is 18.6 Å². The Morgan fingerprint density at radius 2 is 1.78 bits per heavy atom. The van der Waals surface area contributed by atoms with E-state index in [1.807, 2.05) is 13.0 Å². The smallest absolute Gasteiger partial charge is 0.475 e. The van der Waals surface area contributed by atoms with Gasteiger partial charge in [0, 0.05) is 5.92 Å². The van der Waals surface area contributed by atoms with Gasteiger partial charge in [0.25, 0.3) is 0 Å². The summed E-state index contributed by atoms with van der Waals surface area (Å²) in [6.07, 6.45) is 5.21. The fourth-order valence-electron chi connectivity index (χ4n) is 3.45. The average Bonchev–Trinajstić information content (AvgIpc) is 3.22. The lowest BCUT2D eigenvalue weighted by atomic mass is 9.88. The zero-order valence-electron chi connectivity index (χ0n) is 18.6. The first-order valence-electron chi connectivity index (χ1n) is 10.8. The van der Waals surface area contributed by atoms with Gasteiger partial charge in [0.1, 0.15) is 6.10 Å². The van der Waals surface area contributed by atoms with E-state index >= 15 is 0 Å². The lowest BCUT2D eigenvalue weighted by Crippen LogP contribution is -2.61. The number of allylic oxidation sites excluding steroid dienone is 1. The first kappa shape index (κ1) is 28.3. The zero-order chi connectivity index (χ0) is 24.2. The van der Waals surface area contributed by atoms with Crippen LogP contribution in [0.3, 0.4) is 0 Å². The summed E-state index contributed by atoms with van der Waals surface area (Å²) < 4.78 is 55.0. The van der Waals surface area contributed by atoms with Gasteiger partial charge in [0.05, 0.1) is 26.4 Å². The molecule has 2 aliphatic rings. The van der Waals surface area contributed by atoms with Crippen molar-refractivity contribution < 1.29 is 46.8 Å². The predicted molar refractivity (Wildman–Crippen MR) is 109 cm³/mol. The molecular weight excluding hydrogens is 435 g/mol. The maximum absolute atomic E-state index is 11.8. The summed E-state index contributed by atoms with van der Waals surface area (Å²) in [5.74, 6) is -4.19. The van der Waals surface area contributed by atoms with Gasteiger partial charge in [-0.05, 0) is 12.8 Å². The third-order valence-corrected chi connectivity index (χ3v) is 5.13. The number of hydrogen-bond acceptors (Lipinski definition) is 7. The van der Waals surface area contributed by atoms with Gasteiger partial charge in [-0.25, -0.2) is 4.79 Å². The van der Waals surface area contributed by atoms with Gasteiger partial charge in [-0.1, -0.05) is 51.7 Å². The van der Waals surface area contributed by atoms with Gasteiger partial charge in [0.2, 0.25) is 5.79 Å². The fourth-order valence-corrected chi connectivity index (χ4v) is 3.45. The number of aliphatic carboxylic acids is 1. The Labute approximate surface area is 186 Å². The summed E-state index contributed by atoms with van der Waals surface area (Å²) >= 11 is 0. The molecule has 0 bridgehead atoms. The van der Waals surface area contributed by atoms with Crippen LogP contribution in [0.2, 0.25) is 0 Å². The van der Waals surface area contributed by atoms with Gasteiger partial charge in [0.15, 0.2) is 6.10 Å². The molecule has 2 rings (SSSR count). The molecule has 32 heavy (non-hydrogen) atoms. The molecule has 0 aliphatic carbocycles. The van der Waals surface area contributed by atoms with E-state index in [4.69, 9.17) is 34.6 Å². The van der Waals surface area contributed by atoms with Crippen LogP contribution in [0.1, 0.15) is 52.4 Å². The normalized spacial score (nSPS) is 24.9. The number of hydrogen-bond donors (Lipinski definition) is 2. The molecule has 2 heterocycles. The summed E-state index contributed by atoms with van der Waals surface area (Å²) in [6, 6.07) is 0. The van der Waals surface area contributed by atoms with E-state index in [1.54, 1.807) is 0 Å². The second-order valence-electron chi connectivity index (χ2n) is 7.67. The molecule has 0 unspecified atom stereocenters. The Balaban J connectivity index is 0.000000633. The van der Waals surface area contributed by atoms with E-state index in [1.165, 1.54) is 25.7 Å². The number of ether oxygens (including phenoxy) is 4. The molecule has 186 valence electrons. The van der Waals surface area contributed by atoms with Crippen LogP contribution in [-0.2, 0) is 28.5 Å². The number of esters is 1. The Morgan fingerprint density at radius 3 is 2.31 bits per heavy atom. The molecule has 0 aromatic rings. The number of rotatable bonds is 9. The molecule has 2 aliphatic heterocycles. The van der Waals surface area contributed by atoms with Gasteiger partial charge >= 0.3 is 18.1 Å². The molecule has 8 nitrogen and oxygen atoms in total. The van der Waals surface area contributed by atoms with Crippen molar-refractivity contribution in [3.8, 4) is 0 Å². The maximum Gasteiger partial charge on any atom is 0.490 e. The van der Waals surface area contributed by atoms with E-state index in [9.17, 15) is 18.0 Å².